The second kappa shape index (κ2) is 6.93. The number of carbonyl (C=O) groups is 1. The van der Waals surface area contributed by atoms with Crippen molar-refractivity contribution in [1.29, 1.82) is 0 Å². The van der Waals surface area contributed by atoms with Crippen molar-refractivity contribution in [2.45, 2.75) is 44.9 Å². The molecule has 3 fully saturated rings. The molecule has 1 aromatic carbocycles. The number of amides is 1. The summed E-state index contributed by atoms with van der Waals surface area (Å²) in [6.07, 6.45) is 6.96. The Morgan fingerprint density at radius 1 is 1.23 bits per heavy atom. The van der Waals surface area contributed by atoms with Crippen LogP contribution in [0.3, 0.4) is 0 Å². The first-order chi connectivity index (χ1) is 14.7. The van der Waals surface area contributed by atoms with E-state index >= 15 is 0 Å². The summed E-state index contributed by atoms with van der Waals surface area (Å²) >= 11 is 0. The number of hydrogen-bond donors (Lipinski definition) is 0. The summed E-state index contributed by atoms with van der Waals surface area (Å²) in [5, 5.41) is 8.23. The van der Waals surface area contributed by atoms with Crippen molar-refractivity contribution in [2.75, 3.05) is 24.7 Å². The Balaban J connectivity index is 1.15. The van der Waals surface area contributed by atoms with Gasteiger partial charge in [-0.15, -0.1) is 5.10 Å². The minimum Gasteiger partial charge on any atom is -0.350 e. The molecule has 2 aliphatic heterocycles. The standard InChI is InChI=1S/C23H24N4O3/c28-22(19-12-26(25-24-19)13-21-29-14-23(9-10-23)15-30-21)27-11-8-18-17(2-1-3-20(18)27)7-6-16-4-5-16/h1-3,12,16,21H,4-5,8-11,13-15H2. The van der Waals surface area contributed by atoms with E-state index in [4.69, 9.17) is 9.47 Å². The molecule has 0 N–H and O–H groups in total. The second-order valence-corrected chi connectivity index (χ2v) is 8.93. The number of anilines is 1. The molecular formula is C23H24N4O3. The van der Waals surface area contributed by atoms with Crippen LogP contribution in [0.2, 0.25) is 0 Å². The van der Waals surface area contributed by atoms with Crippen molar-refractivity contribution in [3.05, 3.63) is 41.2 Å². The molecule has 2 saturated carbocycles. The molecule has 1 aromatic heterocycles. The van der Waals surface area contributed by atoms with Crippen LogP contribution in [0.15, 0.2) is 24.4 Å². The van der Waals surface area contributed by atoms with E-state index in [0.29, 0.717) is 24.7 Å². The van der Waals surface area contributed by atoms with Gasteiger partial charge in [-0.25, -0.2) is 4.68 Å². The fourth-order valence-corrected chi connectivity index (χ4v) is 4.15. The quantitative estimate of drug-likeness (QED) is 0.735. The van der Waals surface area contributed by atoms with Gasteiger partial charge in [-0.05, 0) is 49.8 Å². The normalized spacial score (nSPS) is 21.9. The van der Waals surface area contributed by atoms with Crippen LogP contribution in [0.1, 0.15) is 47.3 Å². The lowest BCUT2D eigenvalue weighted by Gasteiger charge is -2.29. The van der Waals surface area contributed by atoms with Gasteiger partial charge < -0.3 is 14.4 Å². The molecule has 1 amide bonds. The average Bonchev–Trinajstić information content (AvgIpc) is 3.65. The summed E-state index contributed by atoms with van der Waals surface area (Å²) in [4.78, 5) is 14.9. The molecule has 1 saturated heterocycles. The van der Waals surface area contributed by atoms with E-state index in [1.165, 1.54) is 25.7 Å². The van der Waals surface area contributed by atoms with Crippen molar-refractivity contribution in [2.24, 2.45) is 11.3 Å². The van der Waals surface area contributed by atoms with E-state index in [1.54, 1.807) is 15.8 Å². The summed E-state index contributed by atoms with van der Waals surface area (Å²) in [5.74, 6) is 7.07. The largest absolute Gasteiger partial charge is 0.350 e. The Kier molecular flexibility index (Phi) is 4.18. The SMILES string of the molecule is O=C(c1cn(CC2OCC3(CC3)CO2)nn1)N1CCc2c(C#CC3CC3)cccc21. The van der Waals surface area contributed by atoms with E-state index in [9.17, 15) is 4.79 Å². The summed E-state index contributed by atoms with van der Waals surface area (Å²) in [6, 6.07) is 6.02. The highest BCUT2D eigenvalue weighted by molar-refractivity contribution is 6.06. The van der Waals surface area contributed by atoms with Gasteiger partial charge in [0.1, 0.15) is 0 Å². The Morgan fingerprint density at radius 3 is 2.83 bits per heavy atom. The highest BCUT2D eigenvalue weighted by atomic mass is 16.7. The van der Waals surface area contributed by atoms with Gasteiger partial charge in [-0.1, -0.05) is 23.1 Å². The van der Waals surface area contributed by atoms with E-state index in [-0.39, 0.29) is 17.6 Å². The van der Waals surface area contributed by atoms with Crippen LogP contribution in [0.25, 0.3) is 0 Å². The van der Waals surface area contributed by atoms with E-state index < -0.39 is 0 Å². The molecule has 154 valence electrons. The molecule has 1 spiro atoms. The van der Waals surface area contributed by atoms with Crippen LogP contribution in [0.5, 0.6) is 0 Å². The fourth-order valence-electron chi connectivity index (χ4n) is 4.15. The number of benzene rings is 1. The molecule has 0 bridgehead atoms. The van der Waals surface area contributed by atoms with E-state index in [0.717, 1.165) is 36.4 Å². The zero-order valence-corrected chi connectivity index (χ0v) is 16.8. The number of rotatable bonds is 3. The first kappa shape index (κ1) is 18.1. The van der Waals surface area contributed by atoms with Crippen LogP contribution in [0.4, 0.5) is 5.69 Å². The van der Waals surface area contributed by atoms with Crippen LogP contribution in [-0.2, 0) is 22.4 Å². The van der Waals surface area contributed by atoms with Crippen molar-refractivity contribution in [3.8, 4) is 11.8 Å². The number of ether oxygens (including phenoxy) is 2. The van der Waals surface area contributed by atoms with Gasteiger partial charge in [0.15, 0.2) is 12.0 Å². The first-order valence-electron chi connectivity index (χ1n) is 10.8. The monoisotopic (exact) mass is 404 g/mol. The highest BCUT2D eigenvalue weighted by Crippen LogP contribution is 2.48. The predicted octanol–water partition coefficient (Wildman–Crippen LogP) is 2.40. The van der Waals surface area contributed by atoms with Gasteiger partial charge in [0, 0.05) is 29.1 Å². The molecule has 4 aliphatic rings. The number of nitrogens with zero attached hydrogens (tertiary/aromatic N) is 4. The van der Waals surface area contributed by atoms with Gasteiger partial charge in [-0.2, -0.15) is 0 Å². The van der Waals surface area contributed by atoms with Crippen LogP contribution < -0.4 is 4.90 Å². The van der Waals surface area contributed by atoms with Crippen molar-refractivity contribution < 1.29 is 14.3 Å². The zero-order valence-electron chi connectivity index (χ0n) is 16.8. The number of hydrogen-bond acceptors (Lipinski definition) is 5. The van der Waals surface area contributed by atoms with E-state index in [1.807, 2.05) is 12.1 Å². The predicted molar refractivity (Wildman–Crippen MR) is 109 cm³/mol. The third-order valence-electron chi connectivity index (χ3n) is 6.46. The van der Waals surface area contributed by atoms with Gasteiger partial charge >= 0.3 is 0 Å². The third-order valence-corrected chi connectivity index (χ3v) is 6.46. The Labute approximate surface area is 175 Å². The van der Waals surface area contributed by atoms with Gasteiger partial charge in [0.05, 0.1) is 26.0 Å². The number of fused-ring (bicyclic) bond motifs is 1. The van der Waals surface area contributed by atoms with Gasteiger partial charge in [-0.3, -0.25) is 4.79 Å². The Hall–Kier alpha value is -2.69. The third kappa shape index (κ3) is 3.40. The Morgan fingerprint density at radius 2 is 2.07 bits per heavy atom. The summed E-state index contributed by atoms with van der Waals surface area (Å²) < 4.78 is 13.3. The molecule has 0 unspecified atom stereocenters. The maximum absolute atomic E-state index is 13.1. The van der Waals surface area contributed by atoms with Crippen LogP contribution in [-0.4, -0.2) is 46.9 Å². The van der Waals surface area contributed by atoms with E-state index in [2.05, 4.69) is 28.2 Å². The molecule has 2 aromatic rings. The zero-order chi connectivity index (χ0) is 20.1. The molecule has 7 heteroatoms. The van der Waals surface area contributed by atoms with Crippen molar-refractivity contribution in [3.63, 3.8) is 0 Å². The topological polar surface area (TPSA) is 69.5 Å². The molecule has 7 nitrogen and oxygen atoms in total. The maximum atomic E-state index is 13.1. The molecule has 3 heterocycles. The van der Waals surface area contributed by atoms with Gasteiger partial charge in [0.2, 0.25) is 0 Å². The highest BCUT2D eigenvalue weighted by Gasteiger charge is 2.47. The molecule has 0 atom stereocenters. The Bertz CT molecular complexity index is 1050. The molecule has 30 heavy (non-hydrogen) atoms. The molecule has 6 rings (SSSR count). The van der Waals surface area contributed by atoms with Crippen LogP contribution >= 0.6 is 0 Å². The minimum absolute atomic E-state index is 0.130. The van der Waals surface area contributed by atoms with Gasteiger partial charge in [0.25, 0.3) is 5.91 Å². The summed E-state index contributed by atoms with van der Waals surface area (Å²) in [7, 11) is 0. The minimum atomic E-state index is -0.332. The summed E-state index contributed by atoms with van der Waals surface area (Å²) in [5.41, 5.74) is 3.74. The molecular weight excluding hydrogens is 380 g/mol. The smallest absolute Gasteiger partial charge is 0.280 e. The number of aromatic nitrogens is 3. The first-order valence-corrected chi connectivity index (χ1v) is 10.8. The lowest BCUT2D eigenvalue weighted by Crippen LogP contribution is -2.36. The number of carbonyl (C=O) groups excluding carboxylic acids is 1. The second-order valence-electron chi connectivity index (χ2n) is 8.93. The molecule has 0 radical (unpaired) electrons. The van der Waals surface area contributed by atoms with Crippen molar-refractivity contribution >= 4 is 11.6 Å². The average molecular weight is 404 g/mol. The van der Waals surface area contributed by atoms with Crippen molar-refractivity contribution in [1.82, 2.24) is 15.0 Å². The lowest BCUT2D eigenvalue weighted by atomic mass is 10.1. The lowest BCUT2D eigenvalue weighted by molar-refractivity contribution is -0.213. The summed E-state index contributed by atoms with van der Waals surface area (Å²) in [6.45, 7) is 2.57. The fraction of sp³-hybridized carbons (Fsp3) is 0.522. The maximum Gasteiger partial charge on any atom is 0.280 e. The van der Waals surface area contributed by atoms with Crippen LogP contribution in [0, 0.1) is 23.2 Å². The molecule has 2 aliphatic carbocycles.